The van der Waals surface area contributed by atoms with E-state index in [0.717, 1.165) is 25.0 Å². The average Bonchev–Trinajstić information content (AvgIpc) is 3.22. The molecule has 1 aliphatic carbocycles. The SMILES string of the molecule is O=C(O)CCN(C(=O)C1CC1)c1ccc(C(F)(F)F)cc1. The highest BCUT2D eigenvalue weighted by Crippen LogP contribution is 2.34. The molecule has 1 saturated carbocycles. The van der Waals surface area contributed by atoms with Gasteiger partial charge in [-0.2, -0.15) is 13.2 Å². The van der Waals surface area contributed by atoms with Gasteiger partial charge in [0, 0.05) is 18.2 Å². The van der Waals surface area contributed by atoms with E-state index in [9.17, 15) is 22.8 Å². The van der Waals surface area contributed by atoms with Crippen molar-refractivity contribution in [3.8, 4) is 0 Å². The summed E-state index contributed by atoms with van der Waals surface area (Å²) in [6.45, 7) is -0.0456. The third-order valence-corrected chi connectivity index (χ3v) is 3.25. The van der Waals surface area contributed by atoms with E-state index in [0.29, 0.717) is 5.69 Å². The molecule has 0 aromatic heterocycles. The third-order valence-electron chi connectivity index (χ3n) is 3.25. The number of alkyl halides is 3. The molecule has 1 amide bonds. The zero-order chi connectivity index (χ0) is 15.6. The normalized spacial score (nSPS) is 14.8. The maximum absolute atomic E-state index is 12.5. The van der Waals surface area contributed by atoms with E-state index in [1.807, 2.05) is 0 Å². The number of rotatable bonds is 5. The smallest absolute Gasteiger partial charge is 0.416 e. The zero-order valence-corrected chi connectivity index (χ0v) is 11.1. The van der Waals surface area contributed by atoms with Gasteiger partial charge in [-0.05, 0) is 37.1 Å². The minimum absolute atomic E-state index is 0.0456. The first-order chi connectivity index (χ1) is 9.79. The zero-order valence-electron chi connectivity index (χ0n) is 11.1. The van der Waals surface area contributed by atoms with Gasteiger partial charge < -0.3 is 10.0 Å². The van der Waals surface area contributed by atoms with Crippen LogP contribution < -0.4 is 4.90 Å². The van der Waals surface area contributed by atoms with Crippen molar-refractivity contribution in [1.82, 2.24) is 0 Å². The highest BCUT2D eigenvalue weighted by molar-refractivity contribution is 5.96. The van der Waals surface area contributed by atoms with Crippen LogP contribution in [0.25, 0.3) is 0 Å². The summed E-state index contributed by atoms with van der Waals surface area (Å²) in [6, 6.07) is 4.18. The number of anilines is 1. The van der Waals surface area contributed by atoms with Crippen molar-refractivity contribution in [2.45, 2.75) is 25.4 Å². The van der Waals surface area contributed by atoms with Gasteiger partial charge in [0.05, 0.1) is 12.0 Å². The summed E-state index contributed by atoms with van der Waals surface area (Å²) in [5.74, 6) is -1.42. The number of nitrogens with zero attached hydrogens (tertiary/aromatic N) is 1. The van der Waals surface area contributed by atoms with Crippen LogP contribution in [-0.2, 0) is 15.8 Å². The Labute approximate surface area is 119 Å². The minimum atomic E-state index is -4.44. The molecule has 0 aliphatic heterocycles. The second kappa shape index (κ2) is 5.75. The minimum Gasteiger partial charge on any atom is -0.481 e. The lowest BCUT2D eigenvalue weighted by Gasteiger charge is -2.22. The number of aliphatic carboxylic acids is 1. The monoisotopic (exact) mass is 301 g/mol. The Kier molecular flexibility index (Phi) is 4.20. The topological polar surface area (TPSA) is 57.6 Å². The Morgan fingerprint density at radius 1 is 1.19 bits per heavy atom. The van der Waals surface area contributed by atoms with Crippen molar-refractivity contribution < 1.29 is 27.9 Å². The van der Waals surface area contributed by atoms with Gasteiger partial charge in [-0.15, -0.1) is 0 Å². The van der Waals surface area contributed by atoms with Gasteiger partial charge in [0.25, 0.3) is 0 Å². The van der Waals surface area contributed by atoms with Crippen molar-refractivity contribution in [3.63, 3.8) is 0 Å². The number of carbonyl (C=O) groups excluding carboxylic acids is 1. The molecule has 1 fully saturated rings. The van der Waals surface area contributed by atoms with Crippen LogP contribution in [0, 0.1) is 5.92 Å². The predicted octanol–water partition coefficient (Wildman–Crippen LogP) is 2.92. The fourth-order valence-corrected chi connectivity index (χ4v) is 1.96. The largest absolute Gasteiger partial charge is 0.481 e. The van der Waals surface area contributed by atoms with Crippen LogP contribution in [0.4, 0.5) is 18.9 Å². The molecule has 0 spiro atoms. The number of hydrogen-bond acceptors (Lipinski definition) is 2. The summed E-state index contributed by atoms with van der Waals surface area (Å²) < 4.78 is 37.5. The van der Waals surface area contributed by atoms with Gasteiger partial charge in [0.15, 0.2) is 0 Å². The van der Waals surface area contributed by atoms with Crippen molar-refractivity contribution in [2.24, 2.45) is 5.92 Å². The Morgan fingerprint density at radius 3 is 2.19 bits per heavy atom. The second-order valence-electron chi connectivity index (χ2n) is 4.95. The molecule has 114 valence electrons. The maximum atomic E-state index is 12.5. The van der Waals surface area contributed by atoms with Crippen LogP contribution in [0.5, 0.6) is 0 Å². The van der Waals surface area contributed by atoms with Crippen LogP contribution >= 0.6 is 0 Å². The number of carboxylic acids is 1. The molecule has 21 heavy (non-hydrogen) atoms. The van der Waals surface area contributed by atoms with E-state index in [1.54, 1.807) is 0 Å². The van der Waals surface area contributed by atoms with Gasteiger partial charge in [-0.25, -0.2) is 0 Å². The molecular formula is C14H14F3NO3. The number of hydrogen-bond donors (Lipinski definition) is 1. The van der Waals surface area contributed by atoms with E-state index in [4.69, 9.17) is 5.11 Å². The first-order valence-corrected chi connectivity index (χ1v) is 6.49. The average molecular weight is 301 g/mol. The Hall–Kier alpha value is -2.05. The van der Waals surface area contributed by atoms with Crippen molar-refractivity contribution in [1.29, 1.82) is 0 Å². The van der Waals surface area contributed by atoms with Crippen molar-refractivity contribution >= 4 is 17.6 Å². The highest BCUT2D eigenvalue weighted by atomic mass is 19.4. The van der Waals surface area contributed by atoms with Gasteiger partial charge in [-0.3, -0.25) is 9.59 Å². The van der Waals surface area contributed by atoms with Crippen molar-refractivity contribution in [2.75, 3.05) is 11.4 Å². The third kappa shape index (κ3) is 3.96. The van der Waals surface area contributed by atoms with E-state index in [-0.39, 0.29) is 24.8 Å². The molecule has 0 heterocycles. The molecule has 0 bridgehead atoms. The van der Waals surface area contributed by atoms with Crippen LogP contribution in [0.2, 0.25) is 0 Å². The summed E-state index contributed by atoms with van der Waals surface area (Å²) in [4.78, 5) is 24.0. The predicted molar refractivity (Wildman–Crippen MR) is 68.8 cm³/mol. The van der Waals surface area contributed by atoms with Gasteiger partial charge in [0.1, 0.15) is 0 Å². The Morgan fingerprint density at radius 2 is 1.76 bits per heavy atom. The molecule has 4 nitrogen and oxygen atoms in total. The number of carbonyl (C=O) groups is 2. The number of halogens is 3. The lowest BCUT2D eigenvalue weighted by Crippen LogP contribution is -2.34. The maximum Gasteiger partial charge on any atom is 0.416 e. The van der Waals surface area contributed by atoms with E-state index < -0.39 is 17.7 Å². The Bertz CT molecular complexity index is 535. The highest BCUT2D eigenvalue weighted by Gasteiger charge is 2.35. The lowest BCUT2D eigenvalue weighted by molar-refractivity contribution is -0.138. The first-order valence-electron chi connectivity index (χ1n) is 6.49. The molecule has 1 N–H and O–H groups in total. The first kappa shape index (κ1) is 15.3. The van der Waals surface area contributed by atoms with E-state index >= 15 is 0 Å². The van der Waals surface area contributed by atoms with Crippen LogP contribution in [-0.4, -0.2) is 23.5 Å². The molecule has 7 heteroatoms. The van der Waals surface area contributed by atoms with Crippen LogP contribution in [0.1, 0.15) is 24.8 Å². The van der Waals surface area contributed by atoms with Gasteiger partial charge >= 0.3 is 12.1 Å². The summed E-state index contributed by atoms with van der Waals surface area (Å²) in [7, 11) is 0. The summed E-state index contributed by atoms with van der Waals surface area (Å²) in [6.07, 6.45) is -3.21. The molecule has 1 aliphatic rings. The lowest BCUT2D eigenvalue weighted by atomic mass is 10.1. The number of benzene rings is 1. The number of carboxylic acid groups (broad SMARTS) is 1. The summed E-state index contributed by atoms with van der Waals surface area (Å²) in [5, 5.41) is 8.71. The fraction of sp³-hybridized carbons (Fsp3) is 0.429. The Balaban J connectivity index is 2.19. The van der Waals surface area contributed by atoms with Gasteiger partial charge in [-0.1, -0.05) is 0 Å². The van der Waals surface area contributed by atoms with Crippen molar-refractivity contribution in [3.05, 3.63) is 29.8 Å². The molecule has 0 radical (unpaired) electrons. The van der Waals surface area contributed by atoms with Crippen LogP contribution in [0.3, 0.4) is 0 Å². The molecule has 0 saturated heterocycles. The standard InChI is InChI=1S/C14H14F3NO3/c15-14(16,17)10-3-5-11(6-4-10)18(8-7-12(19)20)13(21)9-1-2-9/h3-6,9H,1-2,7-8H2,(H,19,20). The molecule has 1 aromatic rings. The molecular weight excluding hydrogens is 287 g/mol. The summed E-state index contributed by atoms with van der Waals surface area (Å²) in [5.41, 5.74) is -0.510. The van der Waals surface area contributed by atoms with Crippen LogP contribution in [0.15, 0.2) is 24.3 Å². The van der Waals surface area contributed by atoms with E-state index in [2.05, 4.69) is 0 Å². The van der Waals surface area contributed by atoms with E-state index in [1.165, 1.54) is 17.0 Å². The van der Waals surface area contributed by atoms with Gasteiger partial charge in [0.2, 0.25) is 5.91 Å². The quantitative estimate of drug-likeness (QED) is 0.909. The summed E-state index contributed by atoms with van der Waals surface area (Å²) >= 11 is 0. The molecule has 1 aromatic carbocycles. The molecule has 0 atom stereocenters. The molecule has 2 rings (SSSR count). The second-order valence-corrected chi connectivity index (χ2v) is 4.95. The fourth-order valence-electron chi connectivity index (χ4n) is 1.96. The molecule has 0 unspecified atom stereocenters. The number of amides is 1.